The zero-order valence-electron chi connectivity index (χ0n) is 14.2. The SMILES string of the molecule is CN(C)C1C[C@@H]2CC(N(C)C(=O)c3ccc(C#N)cc3)C[C@@H]2C1. The first-order valence-electron chi connectivity index (χ1n) is 8.43. The van der Waals surface area contributed by atoms with E-state index in [2.05, 4.69) is 25.1 Å². The van der Waals surface area contributed by atoms with Crippen molar-refractivity contribution in [3.05, 3.63) is 35.4 Å². The Balaban J connectivity index is 1.62. The van der Waals surface area contributed by atoms with Crippen molar-refractivity contribution < 1.29 is 4.79 Å². The first-order chi connectivity index (χ1) is 11.0. The fourth-order valence-electron chi connectivity index (χ4n) is 4.35. The molecule has 1 amide bonds. The summed E-state index contributed by atoms with van der Waals surface area (Å²) in [5.74, 6) is 1.61. The van der Waals surface area contributed by atoms with Crippen LogP contribution in [0.2, 0.25) is 0 Å². The van der Waals surface area contributed by atoms with Gasteiger partial charge in [-0.1, -0.05) is 0 Å². The maximum absolute atomic E-state index is 12.7. The Morgan fingerprint density at radius 2 is 1.52 bits per heavy atom. The van der Waals surface area contributed by atoms with Gasteiger partial charge in [-0.3, -0.25) is 4.79 Å². The molecule has 2 aliphatic rings. The fraction of sp³-hybridized carbons (Fsp3) is 0.579. The van der Waals surface area contributed by atoms with Crippen LogP contribution in [0.15, 0.2) is 24.3 Å². The maximum atomic E-state index is 12.7. The second kappa shape index (κ2) is 6.33. The predicted molar refractivity (Wildman–Crippen MR) is 90.0 cm³/mol. The molecule has 4 atom stereocenters. The van der Waals surface area contributed by atoms with E-state index in [4.69, 9.17) is 5.26 Å². The van der Waals surface area contributed by atoms with Crippen LogP contribution in [0.3, 0.4) is 0 Å². The molecule has 0 N–H and O–H groups in total. The van der Waals surface area contributed by atoms with Crippen LogP contribution in [-0.4, -0.2) is 48.9 Å². The largest absolute Gasteiger partial charge is 0.339 e. The van der Waals surface area contributed by atoms with Crippen LogP contribution in [0.4, 0.5) is 0 Å². The summed E-state index contributed by atoms with van der Waals surface area (Å²) in [6.07, 6.45) is 4.81. The van der Waals surface area contributed by atoms with Crippen molar-refractivity contribution in [1.29, 1.82) is 5.26 Å². The lowest BCUT2D eigenvalue weighted by Gasteiger charge is -2.27. The highest BCUT2D eigenvalue weighted by Gasteiger charge is 2.44. The van der Waals surface area contributed by atoms with Gasteiger partial charge in [-0.15, -0.1) is 0 Å². The normalized spacial score (nSPS) is 29.3. The van der Waals surface area contributed by atoms with Gasteiger partial charge in [0.1, 0.15) is 0 Å². The zero-order chi connectivity index (χ0) is 16.6. The lowest BCUT2D eigenvalue weighted by atomic mass is 10.0. The molecule has 2 aliphatic carbocycles. The minimum atomic E-state index is 0.0728. The molecule has 0 spiro atoms. The van der Waals surface area contributed by atoms with Crippen molar-refractivity contribution in [3.63, 3.8) is 0 Å². The summed E-state index contributed by atoms with van der Waals surface area (Å²) < 4.78 is 0. The van der Waals surface area contributed by atoms with Gasteiger partial charge in [0.15, 0.2) is 0 Å². The lowest BCUT2D eigenvalue weighted by molar-refractivity contribution is 0.0726. The topological polar surface area (TPSA) is 47.3 Å². The van der Waals surface area contributed by atoms with Crippen molar-refractivity contribution in [1.82, 2.24) is 9.80 Å². The second-order valence-corrected chi connectivity index (χ2v) is 7.34. The van der Waals surface area contributed by atoms with Crippen molar-refractivity contribution in [2.24, 2.45) is 11.8 Å². The first kappa shape index (κ1) is 16.0. The van der Waals surface area contributed by atoms with Gasteiger partial charge in [0.05, 0.1) is 11.6 Å². The third kappa shape index (κ3) is 3.11. The molecule has 0 bridgehead atoms. The Morgan fingerprint density at radius 3 is 2.00 bits per heavy atom. The summed E-state index contributed by atoms with van der Waals surface area (Å²) in [5.41, 5.74) is 1.27. The standard InChI is InChI=1S/C19H25N3O/c1-21(2)17-8-15-10-18(11-16(15)9-17)22(3)19(23)14-6-4-13(12-20)5-7-14/h4-7,15-18H,8-11H2,1-3H3/t15-,16+,17?,18?. The predicted octanol–water partition coefficient (Wildman–Crippen LogP) is 2.75. The number of hydrogen-bond acceptors (Lipinski definition) is 3. The zero-order valence-corrected chi connectivity index (χ0v) is 14.2. The molecular formula is C19H25N3O. The van der Waals surface area contributed by atoms with Gasteiger partial charge in [0.25, 0.3) is 5.91 Å². The third-order valence-corrected chi connectivity index (χ3v) is 5.83. The summed E-state index contributed by atoms with van der Waals surface area (Å²) in [6.45, 7) is 0. The number of benzene rings is 1. The number of carbonyl (C=O) groups excluding carboxylic acids is 1. The first-order valence-corrected chi connectivity index (χ1v) is 8.43. The van der Waals surface area contributed by atoms with Gasteiger partial charge in [-0.25, -0.2) is 0 Å². The molecule has 0 aromatic heterocycles. The van der Waals surface area contributed by atoms with Crippen LogP contribution in [0.1, 0.15) is 41.6 Å². The highest BCUT2D eigenvalue weighted by molar-refractivity contribution is 5.94. The van der Waals surface area contributed by atoms with Crippen LogP contribution in [0.5, 0.6) is 0 Å². The maximum Gasteiger partial charge on any atom is 0.253 e. The molecule has 0 saturated heterocycles. The highest BCUT2D eigenvalue weighted by atomic mass is 16.2. The van der Waals surface area contributed by atoms with Crippen molar-refractivity contribution in [2.75, 3.05) is 21.1 Å². The van der Waals surface area contributed by atoms with Gasteiger partial charge in [-0.05, 0) is 75.9 Å². The summed E-state index contributed by atoms with van der Waals surface area (Å²) in [7, 11) is 6.27. The minimum Gasteiger partial charge on any atom is -0.339 e. The van der Waals surface area contributed by atoms with E-state index in [1.807, 2.05) is 11.9 Å². The van der Waals surface area contributed by atoms with Crippen LogP contribution >= 0.6 is 0 Å². The van der Waals surface area contributed by atoms with Gasteiger partial charge in [-0.2, -0.15) is 5.26 Å². The molecular weight excluding hydrogens is 286 g/mol. The molecule has 23 heavy (non-hydrogen) atoms. The smallest absolute Gasteiger partial charge is 0.253 e. The molecule has 0 heterocycles. The van der Waals surface area contributed by atoms with Crippen LogP contribution in [-0.2, 0) is 0 Å². The highest BCUT2D eigenvalue weighted by Crippen LogP contribution is 2.46. The molecule has 1 aromatic carbocycles. The number of rotatable bonds is 3. The summed E-state index contributed by atoms with van der Waals surface area (Å²) >= 11 is 0. The van der Waals surface area contributed by atoms with E-state index >= 15 is 0 Å². The number of fused-ring (bicyclic) bond motifs is 1. The van der Waals surface area contributed by atoms with Crippen molar-refractivity contribution >= 4 is 5.91 Å². The third-order valence-electron chi connectivity index (χ3n) is 5.83. The minimum absolute atomic E-state index is 0.0728. The van der Waals surface area contributed by atoms with E-state index in [0.29, 0.717) is 23.2 Å². The Kier molecular flexibility index (Phi) is 4.41. The monoisotopic (exact) mass is 311 g/mol. The molecule has 2 unspecified atom stereocenters. The average molecular weight is 311 g/mol. The van der Waals surface area contributed by atoms with E-state index < -0.39 is 0 Å². The van der Waals surface area contributed by atoms with Crippen LogP contribution < -0.4 is 0 Å². The molecule has 2 fully saturated rings. The van der Waals surface area contributed by atoms with E-state index in [1.54, 1.807) is 24.3 Å². The number of carbonyl (C=O) groups is 1. The Hall–Kier alpha value is -1.86. The van der Waals surface area contributed by atoms with E-state index in [-0.39, 0.29) is 5.91 Å². The van der Waals surface area contributed by atoms with Gasteiger partial charge in [0.2, 0.25) is 0 Å². The van der Waals surface area contributed by atoms with Crippen molar-refractivity contribution in [3.8, 4) is 6.07 Å². The quantitative estimate of drug-likeness (QED) is 0.862. The van der Waals surface area contributed by atoms with E-state index in [1.165, 1.54) is 12.8 Å². The fourth-order valence-corrected chi connectivity index (χ4v) is 4.35. The van der Waals surface area contributed by atoms with Crippen LogP contribution in [0.25, 0.3) is 0 Å². The Labute approximate surface area is 138 Å². The van der Waals surface area contributed by atoms with E-state index in [9.17, 15) is 4.79 Å². The number of nitriles is 1. The lowest BCUT2D eigenvalue weighted by Crippen LogP contribution is -2.36. The molecule has 0 aliphatic heterocycles. The van der Waals surface area contributed by atoms with Gasteiger partial charge >= 0.3 is 0 Å². The van der Waals surface area contributed by atoms with Crippen molar-refractivity contribution in [2.45, 2.75) is 37.8 Å². The summed E-state index contributed by atoms with van der Waals surface area (Å²) in [4.78, 5) is 16.9. The molecule has 3 rings (SSSR count). The Morgan fingerprint density at radius 1 is 1.00 bits per heavy atom. The average Bonchev–Trinajstić information content (AvgIpc) is 3.12. The van der Waals surface area contributed by atoms with Gasteiger partial charge in [0, 0.05) is 24.7 Å². The molecule has 1 aromatic rings. The van der Waals surface area contributed by atoms with Gasteiger partial charge < -0.3 is 9.80 Å². The molecule has 2 saturated carbocycles. The van der Waals surface area contributed by atoms with E-state index in [0.717, 1.165) is 24.7 Å². The van der Waals surface area contributed by atoms with Crippen LogP contribution in [0, 0.1) is 23.2 Å². The second-order valence-electron chi connectivity index (χ2n) is 7.34. The molecule has 122 valence electrons. The molecule has 4 heteroatoms. The molecule has 4 nitrogen and oxygen atoms in total. The number of amides is 1. The summed E-state index contributed by atoms with van der Waals surface area (Å²) in [5, 5.41) is 8.85. The number of nitrogens with zero attached hydrogens (tertiary/aromatic N) is 3. The number of hydrogen-bond donors (Lipinski definition) is 0. The summed E-state index contributed by atoms with van der Waals surface area (Å²) in [6, 6.07) is 10.1. The molecule has 0 radical (unpaired) electrons. The Bertz CT molecular complexity index is 602.